The summed E-state index contributed by atoms with van der Waals surface area (Å²) in [5.74, 6) is 6.98. The molecule has 2 N–H and O–H groups in total. The van der Waals surface area contributed by atoms with Gasteiger partial charge in [0.1, 0.15) is 5.65 Å². The van der Waals surface area contributed by atoms with E-state index in [4.69, 9.17) is 0 Å². The second kappa shape index (κ2) is 16.9. The number of rotatable bonds is 18. The Bertz CT molecular complexity index is 1980. The summed E-state index contributed by atoms with van der Waals surface area (Å²) in [5.41, 5.74) is 0.980. The zero-order chi connectivity index (χ0) is 34.0. The van der Waals surface area contributed by atoms with Crippen LogP contribution < -0.4 is 11.0 Å². The molecule has 0 spiro atoms. The van der Waals surface area contributed by atoms with Crippen LogP contribution in [0.15, 0.2) is 47.3 Å². The number of nitro groups is 1. The number of nitro benzene ring substituents is 1. The van der Waals surface area contributed by atoms with Crippen molar-refractivity contribution in [3.8, 4) is 11.8 Å². The zero-order valence-corrected chi connectivity index (χ0v) is 28.5. The van der Waals surface area contributed by atoms with Crippen LogP contribution in [-0.2, 0) is 0 Å². The van der Waals surface area contributed by atoms with E-state index in [1.807, 2.05) is 0 Å². The summed E-state index contributed by atoms with van der Waals surface area (Å²) in [7, 11) is -1.72. The van der Waals surface area contributed by atoms with Gasteiger partial charge in [-0.2, -0.15) is 0 Å². The first-order valence-corrected chi connectivity index (χ1v) is 18.0. The predicted molar refractivity (Wildman–Crippen MR) is 197 cm³/mol. The van der Waals surface area contributed by atoms with Crippen molar-refractivity contribution in [1.29, 1.82) is 0 Å². The van der Waals surface area contributed by atoms with E-state index in [9.17, 15) is 25.0 Å². The first kappa shape index (κ1) is 35.3. The van der Waals surface area contributed by atoms with Crippen LogP contribution in [0.2, 0.25) is 0 Å². The smallest absolute Gasteiger partial charge is 0.423 e. The molecule has 2 heterocycles. The van der Waals surface area contributed by atoms with Crippen molar-refractivity contribution in [2.24, 2.45) is 5.92 Å². The van der Waals surface area contributed by atoms with E-state index >= 15 is 0 Å². The maximum Gasteiger partial charge on any atom is 0.489 e. The third kappa shape index (κ3) is 7.99. The third-order valence-corrected chi connectivity index (χ3v) is 9.70. The van der Waals surface area contributed by atoms with Gasteiger partial charge in [-0.25, -0.2) is 4.98 Å². The Morgan fingerprint density at radius 1 is 0.833 bits per heavy atom. The molecule has 3 aromatic carbocycles. The maximum atomic E-state index is 14.0. The van der Waals surface area contributed by atoms with Crippen LogP contribution >= 0.6 is 0 Å². The molecule has 1 unspecified atom stereocenters. The van der Waals surface area contributed by atoms with Crippen LogP contribution in [0.25, 0.3) is 38.2 Å². The van der Waals surface area contributed by atoms with Crippen LogP contribution in [0.3, 0.4) is 0 Å². The number of unbranched alkanes of at least 4 members (excludes halogenated alkanes) is 12. The van der Waals surface area contributed by atoms with Crippen LogP contribution in [0, 0.1) is 27.9 Å². The van der Waals surface area contributed by atoms with Crippen molar-refractivity contribution in [1.82, 2.24) is 9.38 Å². The normalized spacial score (nSPS) is 12.2. The molecule has 5 aromatic rings. The minimum atomic E-state index is -1.72. The number of aromatic nitrogens is 2. The van der Waals surface area contributed by atoms with Crippen LogP contribution in [0.5, 0.6) is 0 Å². The highest BCUT2D eigenvalue weighted by Gasteiger charge is 2.24. The van der Waals surface area contributed by atoms with Gasteiger partial charge < -0.3 is 10.0 Å². The second-order valence-corrected chi connectivity index (χ2v) is 13.3. The molecule has 0 fully saturated rings. The quantitative estimate of drug-likeness (QED) is 0.0324. The maximum absolute atomic E-state index is 14.0. The molecule has 9 heteroatoms. The first-order valence-electron chi connectivity index (χ1n) is 18.0. The first-order chi connectivity index (χ1) is 23.3. The highest BCUT2D eigenvalue weighted by atomic mass is 16.6. The number of nitrogens with zero attached hydrogens (tertiary/aromatic N) is 3. The van der Waals surface area contributed by atoms with Gasteiger partial charge in [-0.15, -0.1) is 0 Å². The SMILES string of the molecule is CCCCCCCCCCC(C#Cc1cc([N+](=O)[O-])c2nc3c4cccc5c(B(O)O)ccc(c(=O)n3c2c1)c54)CCCCCCCC. The molecule has 5 rings (SSSR count). The molecular formula is C39H48BN3O5. The number of fused-ring (bicyclic) bond motifs is 4. The van der Waals surface area contributed by atoms with Gasteiger partial charge in [-0.3, -0.25) is 19.3 Å². The Morgan fingerprint density at radius 3 is 2.04 bits per heavy atom. The molecule has 0 bridgehead atoms. The topological polar surface area (TPSA) is 118 Å². The van der Waals surface area contributed by atoms with Crippen molar-refractivity contribution < 1.29 is 15.0 Å². The molecule has 0 saturated carbocycles. The number of imidazole rings is 1. The van der Waals surface area contributed by atoms with E-state index in [1.54, 1.807) is 30.3 Å². The highest BCUT2D eigenvalue weighted by molar-refractivity contribution is 6.62. The Balaban J connectivity index is 1.48. The number of hydrogen-bond donors (Lipinski definition) is 2. The van der Waals surface area contributed by atoms with E-state index in [2.05, 4.69) is 30.7 Å². The molecule has 0 radical (unpaired) electrons. The monoisotopic (exact) mass is 649 g/mol. The minimum Gasteiger partial charge on any atom is -0.423 e. The molecule has 8 nitrogen and oxygen atoms in total. The molecule has 0 aliphatic carbocycles. The molecule has 0 amide bonds. The van der Waals surface area contributed by atoms with E-state index in [1.165, 1.54) is 93.6 Å². The Morgan fingerprint density at radius 2 is 1.44 bits per heavy atom. The van der Waals surface area contributed by atoms with Gasteiger partial charge in [0.25, 0.3) is 11.2 Å². The van der Waals surface area contributed by atoms with Crippen molar-refractivity contribution in [3.05, 3.63) is 68.5 Å². The molecule has 2 aromatic heterocycles. The third-order valence-electron chi connectivity index (χ3n) is 9.70. The fraction of sp³-hybridized carbons (Fsp3) is 0.487. The van der Waals surface area contributed by atoms with Gasteiger partial charge in [0.05, 0.1) is 10.4 Å². The van der Waals surface area contributed by atoms with E-state index in [-0.39, 0.29) is 28.1 Å². The van der Waals surface area contributed by atoms with Crippen molar-refractivity contribution in [2.75, 3.05) is 0 Å². The minimum absolute atomic E-state index is 0.128. The molecule has 252 valence electrons. The van der Waals surface area contributed by atoms with Gasteiger partial charge in [-0.1, -0.05) is 140 Å². The second-order valence-electron chi connectivity index (χ2n) is 13.3. The lowest BCUT2D eigenvalue weighted by molar-refractivity contribution is -0.383. The number of hydrogen-bond acceptors (Lipinski definition) is 6. The number of non-ortho nitro benzene ring substituents is 1. The summed E-state index contributed by atoms with van der Waals surface area (Å²) >= 11 is 0. The molecule has 0 aliphatic rings. The number of benzene rings is 3. The molecule has 0 aliphatic heterocycles. The van der Waals surface area contributed by atoms with Crippen molar-refractivity contribution in [2.45, 2.75) is 117 Å². The van der Waals surface area contributed by atoms with E-state index in [0.717, 1.165) is 25.7 Å². The molecular weight excluding hydrogens is 601 g/mol. The highest BCUT2D eigenvalue weighted by Crippen LogP contribution is 2.33. The van der Waals surface area contributed by atoms with Gasteiger partial charge in [0.2, 0.25) is 0 Å². The molecule has 0 saturated heterocycles. The van der Waals surface area contributed by atoms with Gasteiger partial charge in [0.15, 0.2) is 5.52 Å². The lowest BCUT2D eigenvalue weighted by Gasteiger charge is -2.11. The van der Waals surface area contributed by atoms with Gasteiger partial charge in [0, 0.05) is 33.7 Å². The summed E-state index contributed by atoms with van der Waals surface area (Å²) in [5, 5.41) is 34.3. The van der Waals surface area contributed by atoms with Crippen LogP contribution in [0.1, 0.15) is 122 Å². The lowest BCUT2D eigenvalue weighted by Crippen LogP contribution is -2.31. The number of pyridine rings is 1. The molecule has 1 atom stereocenters. The summed E-state index contributed by atoms with van der Waals surface area (Å²) in [6, 6.07) is 11.6. The zero-order valence-electron chi connectivity index (χ0n) is 28.5. The fourth-order valence-corrected chi connectivity index (χ4v) is 7.07. The van der Waals surface area contributed by atoms with Gasteiger partial charge >= 0.3 is 7.12 Å². The van der Waals surface area contributed by atoms with E-state index in [0.29, 0.717) is 38.3 Å². The predicted octanol–water partition coefficient (Wildman–Crippen LogP) is 8.43. The summed E-state index contributed by atoms with van der Waals surface area (Å²) in [4.78, 5) is 30.5. The van der Waals surface area contributed by atoms with Crippen LogP contribution in [-0.4, -0.2) is 31.5 Å². The fourth-order valence-electron chi connectivity index (χ4n) is 7.07. The largest absolute Gasteiger partial charge is 0.489 e. The van der Waals surface area contributed by atoms with Crippen molar-refractivity contribution in [3.63, 3.8) is 0 Å². The molecule has 48 heavy (non-hydrogen) atoms. The average molecular weight is 650 g/mol. The summed E-state index contributed by atoms with van der Waals surface area (Å²) < 4.78 is 1.44. The van der Waals surface area contributed by atoms with Gasteiger partial charge in [-0.05, 0) is 35.8 Å². The Hall–Kier alpha value is -4.00. The van der Waals surface area contributed by atoms with Crippen LogP contribution in [0.4, 0.5) is 5.69 Å². The average Bonchev–Trinajstić information content (AvgIpc) is 3.47. The van der Waals surface area contributed by atoms with E-state index < -0.39 is 12.0 Å². The van der Waals surface area contributed by atoms with Crippen molar-refractivity contribution >= 4 is 56.5 Å². The standard InChI is InChI=1S/C39H48BN3O5/c1-3-5-7-9-11-12-14-16-19-28(18-15-13-10-8-6-4-2)22-23-29-26-34-37(35(27-29)43(47)48)41-38-31-21-17-20-30-33(40(45)46)25-24-32(36(30)31)39(44)42(34)38/h17,20-21,24-28,45-46H,3-16,18-19H2,1-2H3. The summed E-state index contributed by atoms with van der Waals surface area (Å²) in [6.07, 6.45) is 19.5. The summed E-state index contributed by atoms with van der Waals surface area (Å²) in [6.45, 7) is 4.47. The Kier molecular flexibility index (Phi) is 12.4. The Labute approximate surface area is 283 Å². The lowest BCUT2D eigenvalue weighted by atomic mass is 9.76.